The van der Waals surface area contributed by atoms with Gasteiger partial charge < -0.3 is 10.1 Å². The first-order chi connectivity index (χ1) is 15.0. The average Bonchev–Trinajstić information content (AvgIpc) is 2.76. The number of hydrogen-bond acceptors (Lipinski definition) is 4. The molecule has 0 radical (unpaired) electrons. The number of nitrogens with one attached hydrogen (secondary N) is 1. The summed E-state index contributed by atoms with van der Waals surface area (Å²) in [5.74, 6) is -1.25. The van der Waals surface area contributed by atoms with Crippen LogP contribution in [0.3, 0.4) is 0 Å². The Kier molecular flexibility index (Phi) is 6.16. The molecule has 0 bridgehead atoms. The van der Waals surface area contributed by atoms with E-state index in [9.17, 15) is 9.59 Å². The van der Waals surface area contributed by atoms with Gasteiger partial charge in [-0.2, -0.15) is 0 Å². The van der Waals surface area contributed by atoms with Gasteiger partial charge >= 0.3 is 5.97 Å². The molecule has 1 heterocycles. The molecule has 7 heteroatoms. The SMILES string of the molecule is O=C(O[C@H](C(=O)Nc1cc(Cl)cc(Cl)c1)c1ccccc1)c1ccc2ccccc2n1. The number of nitrogens with zero attached hydrogens (tertiary/aromatic N) is 1. The van der Waals surface area contributed by atoms with Gasteiger partial charge in [-0.25, -0.2) is 9.78 Å². The standard InChI is InChI=1S/C24H16Cl2N2O3/c25-17-12-18(26)14-19(13-17)27-23(29)22(16-7-2-1-3-8-16)31-24(30)21-11-10-15-6-4-5-9-20(15)28-21/h1-14,22H,(H,27,29)/t22-/m0/s1. The van der Waals surface area contributed by atoms with Crippen molar-refractivity contribution in [3.05, 3.63) is 106 Å². The molecule has 0 aliphatic carbocycles. The topological polar surface area (TPSA) is 68.3 Å². The molecular formula is C24H16Cl2N2O3. The number of carbonyl (C=O) groups excluding carboxylic acids is 2. The number of aromatic nitrogens is 1. The first-order valence-electron chi connectivity index (χ1n) is 9.38. The molecule has 0 saturated carbocycles. The van der Waals surface area contributed by atoms with Crippen LogP contribution < -0.4 is 5.32 Å². The Morgan fingerprint density at radius 3 is 2.26 bits per heavy atom. The van der Waals surface area contributed by atoms with Gasteiger partial charge in [0.1, 0.15) is 5.69 Å². The van der Waals surface area contributed by atoms with Crippen molar-refractivity contribution in [2.24, 2.45) is 0 Å². The fourth-order valence-corrected chi connectivity index (χ4v) is 3.61. The Bertz CT molecular complexity index is 1240. The summed E-state index contributed by atoms with van der Waals surface area (Å²) in [6.07, 6.45) is -1.19. The van der Waals surface area contributed by atoms with Gasteiger partial charge in [0.05, 0.1) is 5.52 Å². The van der Waals surface area contributed by atoms with Crippen LogP contribution in [0.2, 0.25) is 10.0 Å². The van der Waals surface area contributed by atoms with Gasteiger partial charge in [-0.15, -0.1) is 0 Å². The maximum absolute atomic E-state index is 13.0. The summed E-state index contributed by atoms with van der Waals surface area (Å²) < 4.78 is 5.59. The van der Waals surface area contributed by atoms with Gasteiger partial charge in [0.2, 0.25) is 6.10 Å². The zero-order valence-electron chi connectivity index (χ0n) is 16.1. The Hall–Kier alpha value is -3.41. The van der Waals surface area contributed by atoms with E-state index in [4.69, 9.17) is 27.9 Å². The number of ether oxygens (including phenoxy) is 1. The highest BCUT2D eigenvalue weighted by Crippen LogP contribution is 2.26. The number of anilines is 1. The van der Waals surface area contributed by atoms with Gasteiger partial charge in [-0.05, 0) is 30.3 Å². The third-order valence-corrected chi connectivity index (χ3v) is 4.94. The second-order valence-electron chi connectivity index (χ2n) is 6.73. The van der Waals surface area contributed by atoms with Crippen LogP contribution in [-0.4, -0.2) is 16.9 Å². The van der Waals surface area contributed by atoms with Gasteiger partial charge in [-0.1, -0.05) is 77.8 Å². The maximum atomic E-state index is 13.0. The largest absolute Gasteiger partial charge is 0.443 e. The predicted molar refractivity (Wildman–Crippen MR) is 121 cm³/mol. The van der Waals surface area contributed by atoms with Crippen LogP contribution in [-0.2, 0) is 9.53 Å². The number of rotatable bonds is 5. The molecule has 0 aliphatic heterocycles. The first-order valence-corrected chi connectivity index (χ1v) is 10.1. The second kappa shape index (κ2) is 9.16. The van der Waals surface area contributed by atoms with Crippen molar-refractivity contribution in [3.8, 4) is 0 Å². The summed E-state index contributed by atoms with van der Waals surface area (Å²) in [7, 11) is 0. The zero-order valence-corrected chi connectivity index (χ0v) is 17.6. The zero-order chi connectivity index (χ0) is 21.8. The number of hydrogen-bond donors (Lipinski definition) is 1. The molecule has 31 heavy (non-hydrogen) atoms. The van der Waals surface area contributed by atoms with E-state index in [0.717, 1.165) is 5.39 Å². The van der Waals surface area contributed by atoms with E-state index in [1.807, 2.05) is 24.3 Å². The molecule has 154 valence electrons. The average molecular weight is 451 g/mol. The number of fused-ring (bicyclic) bond motifs is 1. The lowest BCUT2D eigenvalue weighted by molar-refractivity contribution is -0.125. The Morgan fingerprint density at radius 1 is 0.839 bits per heavy atom. The van der Waals surface area contributed by atoms with Gasteiger partial charge in [0.15, 0.2) is 0 Å². The second-order valence-corrected chi connectivity index (χ2v) is 7.61. The summed E-state index contributed by atoms with van der Waals surface area (Å²) in [5, 5.41) is 4.34. The highest BCUT2D eigenvalue weighted by Gasteiger charge is 2.26. The number of halogens is 2. The molecule has 5 nitrogen and oxygen atoms in total. The molecule has 0 unspecified atom stereocenters. The van der Waals surface area contributed by atoms with Crippen LogP contribution in [0.15, 0.2) is 84.9 Å². The maximum Gasteiger partial charge on any atom is 0.358 e. The van der Waals surface area contributed by atoms with Crippen molar-refractivity contribution in [3.63, 3.8) is 0 Å². The molecule has 0 spiro atoms. The van der Waals surface area contributed by atoms with E-state index in [1.54, 1.807) is 60.7 Å². The number of amides is 1. The van der Waals surface area contributed by atoms with Crippen LogP contribution in [0.1, 0.15) is 22.2 Å². The fourth-order valence-electron chi connectivity index (χ4n) is 3.08. The van der Waals surface area contributed by atoms with Gasteiger partial charge in [-0.3, -0.25) is 4.79 Å². The predicted octanol–water partition coefficient (Wildman–Crippen LogP) is 6.08. The smallest absolute Gasteiger partial charge is 0.358 e. The number of pyridine rings is 1. The lowest BCUT2D eigenvalue weighted by atomic mass is 10.1. The number of carbonyl (C=O) groups is 2. The van der Waals surface area contributed by atoms with E-state index in [1.165, 1.54) is 0 Å². The van der Waals surface area contributed by atoms with Crippen LogP contribution in [0, 0.1) is 0 Å². The lowest BCUT2D eigenvalue weighted by Crippen LogP contribution is -2.26. The van der Waals surface area contributed by atoms with Crippen LogP contribution in [0.4, 0.5) is 5.69 Å². The van der Waals surface area contributed by atoms with Gasteiger partial charge in [0.25, 0.3) is 5.91 Å². The Morgan fingerprint density at radius 2 is 1.52 bits per heavy atom. The van der Waals surface area contributed by atoms with Crippen molar-refractivity contribution in [2.45, 2.75) is 6.10 Å². The molecule has 0 fully saturated rings. The highest BCUT2D eigenvalue weighted by molar-refractivity contribution is 6.35. The van der Waals surface area contributed by atoms with Crippen LogP contribution in [0.25, 0.3) is 10.9 Å². The molecule has 4 aromatic rings. The molecule has 1 N–H and O–H groups in total. The molecule has 3 aromatic carbocycles. The monoisotopic (exact) mass is 450 g/mol. The minimum absolute atomic E-state index is 0.109. The third kappa shape index (κ3) is 5.02. The number of benzene rings is 3. The van der Waals surface area contributed by atoms with Crippen LogP contribution in [0.5, 0.6) is 0 Å². The van der Waals surface area contributed by atoms with Crippen molar-refractivity contribution in [1.29, 1.82) is 0 Å². The number of para-hydroxylation sites is 1. The summed E-state index contributed by atoms with van der Waals surface area (Å²) in [6.45, 7) is 0. The van der Waals surface area contributed by atoms with E-state index in [2.05, 4.69) is 10.3 Å². The molecule has 0 saturated heterocycles. The van der Waals surface area contributed by atoms with E-state index < -0.39 is 18.0 Å². The van der Waals surface area contributed by atoms with Crippen molar-refractivity contribution >= 4 is 51.7 Å². The van der Waals surface area contributed by atoms with E-state index in [0.29, 0.717) is 26.8 Å². The van der Waals surface area contributed by atoms with Crippen molar-refractivity contribution in [1.82, 2.24) is 4.98 Å². The molecular weight excluding hydrogens is 435 g/mol. The van der Waals surface area contributed by atoms with Crippen molar-refractivity contribution < 1.29 is 14.3 Å². The minimum Gasteiger partial charge on any atom is -0.443 e. The van der Waals surface area contributed by atoms with Gasteiger partial charge in [0, 0.05) is 26.7 Å². The third-order valence-electron chi connectivity index (χ3n) is 4.50. The summed E-state index contributed by atoms with van der Waals surface area (Å²) in [4.78, 5) is 30.2. The molecule has 4 rings (SSSR count). The first kappa shape index (κ1) is 20.8. The summed E-state index contributed by atoms with van der Waals surface area (Å²) in [6, 6.07) is 24.2. The Balaban J connectivity index is 1.61. The normalized spacial score (nSPS) is 11.7. The van der Waals surface area contributed by atoms with Crippen molar-refractivity contribution in [2.75, 3.05) is 5.32 Å². The van der Waals surface area contributed by atoms with E-state index >= 15 is 0 Å². The van der Waals surface area contributed by atoms with Crippen LogP contribution >= 0.6 is 23.2 Å². The highest BCUT2D eigenvalue weighted by atomic mass is 35.5. The molecule has 1 atom stereocenters. The molecule has 0 aliphatic rings. The summed E-state index contributed by atoms with van der Waals surface area (Å²) >= 11 is 12.0. The molecule has 1 aromatic heterocycles. The lowest BCUT2D eigenvalue weighted by Gasteiger charge is -2.18. The number of esters is 1. The Labute approximate surface area is 188 Å². The fraction of sp³-hybridized carbons (Fsp3) is 0.0417. The quantitative estimate of drug-likeness (QED) is 0.374. The van der Waals surface area contributed by atoms with E-state index in [-0.39, 0.29) is 5.69 Å². The minimum atomic E-state index is -1.19. The summed E-state index contributed by atoms with van der Waals surface area (Å²) in [5.41, 5.74) is 1.68. The molecule has 1 amide bonds.